The molecule has 0 heterocycles. The summed E-state index contributed by atoms with van der Waals surface area (Å²) in [5.41, 5.74) is 0.496. The Morgan fingerprint density at radius 2 is 2.23 bits per heavy atom. The van der Waals surface area contributed by atoms with E-state index in [-0.39, 0.29) is 10.8 Å². The van der Waals surface area contributed by atoms with Crippen molar-refractivity contribution < 1.29 is 10.0 Å². The summed E-state index contributed by atoms with van der Waals surface area (Å²) in [6.07, 6.45) is 2.06. The molecule has 0 aliphatic carbocycles. The first-order valence-electron chi connectivity index (χ1n) is 3.40. The summed E-state index contributed by atoms with van der Waals surface area (Å²) in [4.78, 5) is 9.40. The maximum absolute atomic E-state index is 9.98. The van der Waals surface area contributed by atoms with E-state index in [1.807, 2.05) is 0 Å². The van der Waals surface area contributed by atoms with Gasteiger partial charge in [-0.2, -0.15) is 0 Å². The zero-order chi connectivity index (χ0) is 9.84. The Morgan fingerprint density at radius 3 is 2.77 bits per heavy atom. The number of nitro groups is 1. The van der Waals surface area contributed by atoms with Crippen molar-refractivity contribution in [1.29, 1.82) is 0 Å². The molecule has 0 aliphatic heterocycles. The highest BCUT2D eigenvalue weighted by atomic mass is 35.5. The number of rotatable bonds is 2. The molecule has 13 heavy (non-hydrogen) atoms. The number of aromatic hydroxyl groups is 1. The fourth-order valence-electron chi connectivity index (χ4n) is 0.792. The molecule has 0 unspecified atom stereocenters. The van der Waals surface area contributed by atoms with Crippen LogP contribution < -0.4 is 0 Å². The number of nitrogens with zero attached hydrogens (tertiary/aromatic N) is 1. The molecule has 0 aliphatic rings. The monoisotopic (exact) mass is 199 g/mol. The normalized spacial score (nSPS) is 10.5. The fourth-order valence-corrected chi connectivity index (χ4v) is 1.03. The van der Waals surface area contributed by atoms with Crippen LogP contribution in [-0.4, -0.2) is 10.0 Å². The van der Waals surface area contributed by atoms with Gasteiger partial charge in [-0.3, -0.25) is 10.1 Å². The van der Waals surface area contributed by atoms with Crippen molar-refractivity contribution >= 4 is 17.7 Å². The molecule has 1 rings (SSSR count). The minimum absolute atomic E-state index is 0.0308. The lowest BCUT2D eigenvalue weighted by atomic mass is 10.2. The highest BCUT2D eigenvalue weighted by molar-refractivity contribution is 6.32. The van der Waals surface area contributed by atoms with Gasteiger partial charge in [0.1, 0.15) is 5.75 Å². The lowest BCUT2D eigenvalue weighted by molar-refractivity contribution is -0.400. The molecule has 4 nitrogen and oxygen atoms in total. The van der Waals surface area contributed by atoms with Crippen molar-refractivity contribution in [1.82, 2.24) is 0 Å². The Balaban J connectivity index is 2.96. The summed E-state index contributed by atoms with van der Waals surface area (Å²) < 4.78 is 0. The van der Waals surface area contributed by atoms with Gasteiger partial charge in [0, 0.05) is 6.08 Å². The van der Waals surface area contributed by atoms with E-state index >= 15 is 0 Å². The third kappa shape index (κ3) is 2.76. The third-order valence-electron chi connectivity index (χ3n) is 1.36. The maximum Gasteiger partial charge on any atom is 0.235 e. The Labute approximate surface area is 79.2 Å². The summed E-state index contributed by atoms with van der Waals surface area (Å²) in [7, 11) is 0. The van der Waals surface area contributed by atoms with Crippen LogP contribution in [0.15, 0.2) is 24.4 Å². The zero-order valence-electron chi connectivity index (χ0n) is 6.48. The summed E-state index contributed by atoms with van der Waals surface area (Å²) >= 11 is 5.68. The van der Waals surface area contributed by atoms with Gasteiger partial charge < -0.3 is 5.11 Å². The van der Waals surface area contributed by atoms with Gasteiger partial charge in [0.15, 0.2) is 0 Å². The van der Waals surface area contributed by atoms with Crippen molar-refractivity contribution in [2.24, 2.45) is 0 Å². The van der Waals surface area contributed by atoms with Crippen LogP contribution >= 0.6 is 11.6 Å². The van der Waals surface area contributed by atoms with Crippen LogP contribution in [-0.2, 0) is 0 Å². The first kappa shape index (κ1) is 9.54. The molecule has 68 valence electrons. The van der Waals surface area contributed by atoms with Crippen LogP contribution in [0.5, 0.6) is 5.75 Å². The largest absolute Gasteiger partial charge is 0.508 e. The molecule has 0 saturated carbocycles. The Bertz CT molecular complexity index is 362. The van der Waals surface area contributed by atoms with Crippen molar-refractivity contribution in [3.05, 3.63) is 45.1 Å². The van der Waals surface area contributed by atoms with Crippen LogP contribution in [0.3, 0.4) is 0 Å². The molecule has 0 aromatic heterocycles. The molecular formula is C8H6ClNO3. The molecule has 0 spiro atoms. The lowest BCUT2D eigenvalue weighted by Gasteiger charge is -1.96. The first-order valence-corrected chi connectivity index (χ1v) is 3.77. The SMILES string of the molecule is O=[N+]([O-])C=Cc1ccc(O)cc1Cl. The second-order valence-electron chi connectivity index (χ2n) is 2.31. The molecule has 0 radical (unpaired) electrons. The van der Waals surface area contributed by atoms with Gasteiger partial charge in [0.05, 0.1) is 9.95 Å². The third-order valence-corrected chi connectivity index (χ3v) is 1.69. The van der Waals surface area contributed by atoms with E-state index in [1.165, 1.54) is 24.3 Å². The quantitative estimate of drug-likeness (QED) is 0.587. The van der Waals surface area contributed by atoms with E-state index in [1.54, 1.807) is 0 Å². The van der Waals surface area contributed by atoms with E-state index in [2.05, 4.69) is 0 Å². The Kier molecular flexibility index (Phi) is 2.87. The molecule has 0 fully saturated rings. The van der Waals surface area contributed by atoms with Crippen LogP contribution in [0, 0.1) is 10.1 Å². The number of halogens is 1. The molecule has 1 N–H and O–H groups in total. The standard InChI is InChI=1S/C8H6ClNO3/c9-8-5-7(11)2-1-6(8)3-4-10(12)13/h1-5,11H. The molecule has 0 saturated heterocycles. The summed E-state index contributed by atoms with van der Waals surface area (Å²) in [5, 5.41) is 19.2. The molecule has 5 heteroatoms. The number of phenolic OH excluding ortho intramolecular Hbond substituents is 1. The van der Waals surface area contributed by atoms with Gasteiger partial charge >= 0.3 is 0 Å². The minimum Gasteiger partial charge on any atom is -0.508 e. The van der Waals surface area contributed by atoms with Crippen molar-refractivity contribution in [3.8, 4) is 5.75 Å². The molecule has 0 atom stereocenters. The van der Waals surface area contributed by atoms with Gasteiger partial charge in [-0.05, 0) is 23.8 Å². The highest BCUT2D eigenvalue weighted by Crippen LogP contribution is 2.22. The van der Waals surface area contributed by atoms with Crippen LogP contribution in [0.2, 0.25) is 5.02 Å². The number of hydrogen-bond acceptors (Lipinski definition) is 3. The van der Waals surface area contributed by atoms with Gasteiger partial charge in [0.2, 0.25) is 6.20 Å². The predicted molar refractivity (Wildman–Crippen MR) is 49.1 cm³/mol. The van der Waals surface area contributed by atoms with Gasteiger partial charge in [-0.25, -0.2) is 0 Å². The average molecular weight is 200 g/mol. The van der Waals surface area contributed by atoms with Crippen molar-refractivity contribution in [3.63, 3.8) is 0 Å². The Hall–Kier alpha value is -1.55. The first-order chi connectivity index (χ1) is 6.09. The lowest BCUT2D eigenvalue weighted by Crippen LogP contribution is -1.82. The fraction of sp³-hybridized carbons (Fsp3) is 0. The zero-order valence-corrected chi connectivity index (χ0v) is 7.23. The van der Waals surface area contributed by atoms with E-state index in [0.717, 1.165) is 6.20 Å². The minimum atomic E-state index is -0.580. The smallest absolute Gasteiger partial charge is 0.235 e. The second kappa shape index (κ2) is 3.91. The second-order valence-corrected chi connectivity index (χ2v) is 2.71. The van der Waals surface area contributed by atoms with E-state index in [4.69, 9.17) is 16.7 Å². The highest BCUT2D eigenvalue weighted by Gasteiger charge is 1.98. The molecule has 1 aromatic carbocycles. The molecule has 0 amide bonds. The molecular weight excluding hydrogens is 194 g/mol. The average Bonchev–Trinajstić information content (AvgIpc) is 2.02. The number of benzene rings is 1. The van der Waals surface area contributed by atoms with Crippen molar-refractivity contribution in [2.45, 2.75) is 0 Å². The molecule has 1 aromatic rings. The topological polar surface area (TPSA) is 63.4 Å². The van der Waals surface area contributed by atoms with Crippen molar-refractivity contribution in [2.75, 3.05) is 0 Å². The van der Waals surface area contributed by atoms with Crippen LogP contribution in [0.25, 0.3) is 6.08 Å². The number of phenols is 1. The van der Waals surface area contributed by atoms with E-state index in [0.29, 0.717) is 5.56 Å². The van der Waals surface area contributed by atoms with Crippen LogP contribution in [0.4, 0.5) is 0 Å². The van der Waals surface area contributed by atoms with Gasteiger partial charge in [-0.1, -0.05) is 11.6 Å². The van der Waals surface area contributed by atoms with Gasteiger partial charge in [0.25, 0.3) is 0 Å². The maximum atomic E-state index is 9.98. The van der Waals surface area contributed by atoms with E-state index in [9.17, 15) is 10.1 Å². The summed E-state index contributed by atoms with van der Waals surface area (Å²) in [6, 6.07) is 4.23. The predicted octanol–water partition coefficient (Wildman–Crippen LogP) is 2.29. The summed E-state index contributed by atoms with van der Waals surface area (Å²) in [5.74, 6) is 0.0308. The van der Waals surface area contributed by atoms with E-state index < -0.39 is 4.92 Å². The molecule has 0 bridgehead atoms. The van der Waals surface area contributed by atoms with Gasteiger partial charge in [-0.15, -0.1) is 0 Å². The summed E-state index contributed by atoms with van der Waals surface area (Å²) in [6.45, 7) is 0. The Morgan fingerprint density at radius 1 is 1.54 bits per heavy atom. The number of hydrogen-bond donors (Lipinski definition) is 1. The van der Waals surface area contributed by atoms with Crippen LogP contribution in [0.1, 0.15) is 5.56 Å².